The Morgan fingerprint density at radius 1 is 1.05 bits per heavy atom. The van der Waals surface area contributed by atoms with Crippen LogP contribution in [0.2, 0.25) is 10.0 Å². The highest BCUT2D eigenvalue weighted by atomic mass is 35.5. The van der Waals surface area contributed by atoms with Crippen molar-refractivity contribution in [3.05, 3.63) is 102 Å². The molecule has 0 fully saturated rings. The van der Waals surface area contributed by atoms with Crippen molar-refractivity contribution in [2.24, 2.45) is 0 Å². The first-order chi connectivity index (χ1) is 28.5. The Bertz CT molecular complexity index is 2280. The number of carboxylic acid groups (broad SMARTS) is 2. The predicted octanol–water partition coefficient (Wildman–Crippen LogP) is 6.88. The minimum absolute atomic E-state index is 0.0111. The van der Waals surface area contributed by atoms with Crippen LogP contribution in [0.25, 0.3) is 5.69 Å². The lowest BCUT2D eigenvalue weighted by Gasteiger charge is -2.14. The van der Waals surface area contributed by atoms with E-state index < -0.39 is 78.1 Å². The molecule has 0 amide bonds. The summed E-state index contributed by atoms with van der Waals surface area (Å²) >= 11 is 17.3. The van der Waals surface area contributed by atoms with Crippen molar-refractivity contribution in [1.82, 2.24) is 19.7 Å². The molecule has 2 unspecified atom stereocenters. The monoisotopic (exact) mass is 989 g/mol. The summed E-state index contributed by atoms with van der Waals surface area (Å²) in [4.78, 5) is 60.8. The second-order valence-corrected chi connectivity index (χ2v) is 17.6. The first-order valence-electron chi connectivity index (χ1n) is 16.7. The minimum atomic E-state index is -4.52. The number of nitrogens with zero attached hydrogens (tertiary/aromatic N) is 4. The molecule has 0 radical (unpaired) electrons. The molecule has 62 heavy (non-hydrogen) atoms. The lowest BCUT2D eigenvalue weighted by Crippen LogP contribution is -2.25. The van der Waals surface area contributed by atoms with Crippen molar-refractivity contribution in [2.45, 2.75) is 38.4 Å². The highest BCUT2D eigenvalue weighted by Gasteiger charge is 2.31. The van der Waals surface area contributed by atoms with Gasteiger partial charge >= 0.3 is 36.0 Å². The molecule has 0 saturated carbocycles. The molecule has 0 spiro atoms. The van der Waals surface area contributed by atoms with Gasteiger partial charge in [0, 0.05) is 23.6 Å². The van der Waals surface area contributed by atoms with Crippen LogP contribution >= 0.6 is 42.4 Å². The van der Waals surface area contributed by atoms with Crippen molar-refractivity contribution < 1.29 is 74.9 Å². The zero-order chi connectivity index (χ0) is 47.9. The number of carbonyl (C=O) groups is 2. The summed E-state index contributed by atoms with van der Waals surface area (Å²) in [5.41, 5.74) is -2.70. The van der Waals surface area contributed by atoms with E-state index in [1.54, 1.807) is 6.92 Å². The molecular weight excluding hydrogens is 954 g/mol. The van der Waals surface area contributed by atoms with Gasteiger partial charge in [-0.05, 0) is 66.7 Å². The molecule has 2 atom stereocenters. The lowest BCUT2D eigenvalue weighted by atomic mass is 10.1. The molecular formula is C34H37Cl3F6N5O12PS. The predicted molar refractivity (Wildman–Crippen MR) is 216 cm³/mol. The zero-order valence-electron chi connectivity index (χ0n) is 32.7. The molecule has 4 N–H and O–H groups in total. The fourth-order valence-corrected chi connectivity index (χ4v) is 5.22. The highest BCUT2D eigenvalue weighted by molar-refractivity contribution is 7.94. The van der Waals surface area contributed by atoms with Crippen LogP contribution in [0.5, 0.6) is 17.2 Å². The van der Waals surface area contributed by atoms with Gasteiger partial charge in [-0.25, -0.2) is 13.8 Å². The second kappa shape index (κ2) is 24.9. The number of ether oxygens (including phenoxy) is 2. The van der Waals surface area contributed by atoms with Crippen molar-refractivity contribution in [1.29, 1.82) is 0 Å². The topological polar surface area (TPSA) is 248 Å². The molecule has 0 bridgehead atoms. The molecule has 0 saturated heterocycles. The number of carboxylic acids is 2. The Balaban J connectivity index is 0.000000478. The molecule has 1 aromatic heterocycles. The van der Waals surface area contributed by atoms with Gasteiger partial charge in [0.25, 0.3) is 0 Å². The molecule has 4 aromatic rings. The number of rotatable bonds is 14. The number of nitro benzene ring substituents is 1. The molecule has 3 aromatic carbocycles. The SMILES string of the molecule is CCOc1cc(Oc2ccc(C(F)(F)F)cc2Cl)ccc1[N+](=O)[O-].C[S+](C)C.Cc1nn(-c2cc(CC(Cl)C(=O)O)c(Cl)cc2F)c(=O)n1C(F)F.O=C(O)CNCP(=O)([O-])O. The van der Waals surface area contributed by atoms with Gasteiger partial charge in [0.05, 0.1) is 53.7 Å². The summed E-state index contributed by atoms with van der Waals surface area (Å²) in [6.07, 6.45) is 1.10. The fourth-order valence-electron chi connectivity index (χ4n) is 4.21. The summed E-state index contributed by atoms with van der Waals surface area (Å²) in [5, 5.41) is 31.6. The third-order valence-electron chi connectivity index (χ3n) is 6.69. The first kappa shape index (κ1) is 55.5. The number of halogens is 9. The van der Waals surface area contributed by atoms with E-state index in [4.69, 9.17) is 59.4 Å². The number of benzene rings is 3. The maximum Gasteiger partial charge on any atom is 0.416 e. The summed E-state index contributed by atoms with van der Waals surface area (Å²) in [5.74, 6) is -3.66. The van der Waals surface area contributed by atoms with E-state index >= 15 is 0 Å². The number of aromatic nitrogens is 3. The van der Waals surface area contributed by atoms with Crippen LogP contribution in [0.1, 0.15) is 30.4 Å². The Hall–Kier alpha value is -4.55. The van der Waals surface area contributed by atoms with Crippen LogP contribution < -0.4 is 25.4 Å². The first-order valence-corrected chi connectivity index (χ1v) is 22.1. The molecule has 17 nitrogen and oxygen atoms in total. The van der Waals surface area contributed by atoms with Crippen LogP contribution in [0.3, 0.4) is 0 Å². The Morgan fingerprint density at radius 3 is 2.10 bits per heavy atom. The van der Waals surface area contributed by atoms with Crippen molar-refractivity contribution in [3.8, 4) is 22.9 Å². The van der Waals surface area contributed by atoms with Gasteiger partial charge in [0.15, 0.2) is 5.82 Å². The zero-order valence-corrected chi connectivity index (χ0v) is 36.6. The average Bonchev–Trinajstić information content (AvgIpc) is 3.42. The van der Waals surface area contributed by atoms with Crippen LogP contribution in [0.15, 0.2) is 53.3 Å². The number of nitro groups is 1. The second-order valence-electron chi connectivity index (χ2n) is 12.2. The highest BCUT2D eigenvalue weighted by Crippen LogP contribution is 2.38. The Kier molecular flexibility index (Phi) is 22.3. The Labute approximate surface area is 365 Å². The smallest absolute Gasteiger partial charge is 0.416 e. The molecule has 1 heterocycles. The lowest BCUT2D eigenvalue weighted by molar-refractivity contribution is -0.385. The third-order valence-corrected chi connectivity index (χ3v) is 8.30. The third kappa shape index (κ3) is 18.8. The minimum Gasteiger partial charge on any atom is -0.778 e. The van der Waals surface area contributed by atoms with Crippen molar-refractivity contribution in [2.75, 3.05) is 38.2 Å². The van der Waals surface area contributed by atoms with Crippen molar-refractivity contribution >= 4 is 70.9 Å². The van der Waals surface area contributed by atoms with E-state index in [1.165, 1.54) is 18.2 Å². The van der Waals surface area contributed by atoms with Crippen LogP contribution in [0.4, 0.5) is 32.0 Å². The van der Waals surface area contributed by atoms with E-state index in [-0.39, 0.29) is 62.0 Å². The summed E-state index contributed by atoms with van der Waals surface area (Å²) in [7, 11) is -3.71. The van der Waals surface area contributed by atoms with Gasteiger partial charge < -0.3 is 34.0 Å². The van der Waals surface area contributed by atoms with Crippen LogP contribution in [-0.4, -0.2) is 89.9 Å². The largest absolute Gasteiger partial charge is 0.778 e. The molecule has 28 heteroatoms. The molecule has 0 aliphatic carbocycles. The molecule has 0 aliphatic heterocycles. The van der Waals surface area contributed by atoms with E-state index in [1.807, 2.05) is 5.32 Å². The number of aryl methyl sites for hydroxylation is 1. The van der Waals surface area contributed by atoms with Gasteiger partial charge in [-0.3, -0.25) is 25.0 Å². The van der Waals surface area contributed by atoms with Gasteiger partial charge in [0.1, 0.15) is 36.0 Å². The van der Waals surface area contributed by atoms with Crippen LogP contribution in [-0.2, 0) is 37.6 Å². The molecule has 0 aliphatic rings. The quantitative estimate of drug-likeness (QED) is 0.0251. The number of alkyl halides is 6. The van der Waals surface area contributed by atoms with Gasteiger partial charge in [-0.15, -0.1) is 16.7 Å². The number of aliphatic carboxylic acids is 2. The van der Waals surface area contributed by atoms with Gasteiger partial charge in [0.2, 0.25) is 5.75 Å². The number of hydrogen-bond donors (Lipinski definition) is 4. The van der Waals surface area contributed by atoms with Gasteiger partial charge in [-0.1, -0.05) is 23.2 Å². The summed E-state index contributed by atoms with van der Waals surface area (Å²) in [6.45, 7) is -0.597. The van der Waals surface area contributed by atoms with E-state index in [0.717, 1.165) is 37.3 Å². The normalized spacial score (nSPS) is 12.4. The van der Waals surface area contributed by atoms with E-state index in [9.17, 15) is 60.3 Å². The standard InChI is InChI=1S/C15H11ClF3NO4.C13H10Cl2F3N3O3.C3H8NO5P.C3H9S/c1-2-23-14-8-10(4-5-12(14)20(21)22)24-13-6-3-9(7-11(13)16)15(17,18)19;1-5-19-21(13(24)20(5)12(17)18)10-3-6(2-8(15)11(22)23)7(14)4-9(10)16;5-3(6)1-4-2-10(7,8)9;1-4(2)3/h3-8H,2H2,1H3;3-4,8,12H,2H2,1H3,(H,22,23);4H,1-2H2,(H,5,6)(H2,7,8,9);1-3H3/q;;;+1/p-1. The summed E-state index contributed by atoms with van der Waals surface area (Å²) in [6, 6.07) is 8.29. The molecule has 344 valence electrons. The fraction of sp³-hybridized carbons (Fsp3) is 0.353. The Morgan fingerprint density at radius 2 is 1.65 bits per heavy atom. The number of hydrogen-bond acceptors (Lipinski definition) is 11. The average molecular weight is 991 g/mol. The molecule has 4 rings (SSSR count). The maximum atomic E-state index is 14.1. The number of nitrogens with one attached hydrogen (secondary N) is 1. The van der Waals surface area contributed by atoms with E-state index in [2.05, 4.69) is 23.9 Å². The van der Waals surface area contributed by atoms with Crippen LogP contribution in [0, 0.1) is 22.9 Å². The van der Waals surface area contributed by atoms with Gasteiger partial charge in [-0.2, -0.15) is 26.6 Å². The van der Waals surface area contributed by atoms with E-state index in [0.29, 0.717) is 15.6 Å². The maximum absolute atomic E-state index is 14.1. The van der Waals surface area contributed by atoms with Crippen molar-refractivity contribution in [3.63, 3.8) is 0 Å². The summed E-state index contributed by atoms with van der Waals surface area (Å²) < 4.78 is 98.6.